The highest BCUT2D eigenvalue weighted by Crippen LogP contribution is 2.20. The number of carbonyl (C=O) groups excluding carboxylic acids is 2. The summed E-state index contributed by atoms with van der Waals surface area (Å²) in [6, 6.07) is 8.21. The molecule has 1 aliphatic carbocycles. The lowest BCUT2D eigenvalue weighted by Crippen LogP contribution is -2.45. The quantitative estimate of drug-likeness (QED) is 0.824. The van der Waals surface area contributed by atoms with Crippen LogP contribution < -0.4 is 15.5 Å². The lowest BCUT2D eigenvalue weighted by atomic mass is 9.96. The Morgan fingerprint density at radius 2 is 1.76 bits per heavy atom. The minimum Gasteiger partial charge on any atom is -0.336 e. The maximum absolute atomic E-state index is 12.0. The van der Waals surface area contributed by atoms with Crippen molar-refractivity contribution in [1.82, 2.24) is 10.6 Å². The maximum atomic E-state index is 12.0. The highest BCUT2D eigenvalue weighted by atomic mass is 16.2. The van der Waals surface area contributed by atoms with Crippen LogP contribution in [0.5, 0.6) is 0 Å². The third-order valence-corrected chi connectivity index (χ3v) is 4.81. The van der Waals surface area contributed by atoms with Gasteiger partial charge in [0.2, 0.25) is 5.91 Å². The van der Waals surface area contributed by atoms with Crippen molar-refractivity contribution < 1.29 is 9.59 Å². The van der Waals surface area contributed by atoms with E-state index >= 15 is 0 Å². The SMILES string of the molecule is CC(=O)N(CCNC(=O)NC1CCCCC1)c1ccc(C(C)C)cc1. The van der Waals surface area contributed by atoms with Crippen LogP contribution in [0.1, 0.15) is 64.4 Å². The van der Waals surface area contributed by atoms with Gasteiger partial charge in [0.25, 0.3) is 0 Å². The first kappa shape index (κ1) is 19.3. The van der Waals surface area contributed by atoms with E-state index in [4.69, 9.17) is 0 Å². The molecule has 0 spiro atoms. The van der Waals surface area contributed by atoms with E-state index in [0.29, 0.717) is 25.0 Å². The lowest BCUT2D eigenvalue weighted by molar-refractivity contribution is -0.116. The van der Waals surface area contributed by atoms with E-state index in [1.165, 1.54) is 24.8 Å². The lowest BCUT2D eigenvalue weighted by Gasteiger charge is -2.24. The Morgan fingerprint density at radius 3 is 2.32 bits per heavy atom. The fraction of sp³-hybridized carbons (Fsp3) is 0.600. The number of anilines is 1. The highest BCUT2D eigenvalue weighted by molar-refractivity contribution is 5.91. The number of urea groups is 1. The van der Waals surface area contributed by atoms with Crippen LogP contribution >= 0.6 is 0 Å². The minimum absolute atomic E-state index is 0.0215. The van der Waals surface area contributed by atoms with Crippen molar-refractivity contribution >= 4 is 17.6 Å². The van der Waals surface area contributed by atoms with Gasteiger partial charge in [-0.1, -0.05) is 45.2 Å². The Morgan fingerprint density at radius 1 is 1.12 bits per heavy atom. The van der Waals surface area contributed by atoms with E-state index in [1.807, 2.05) is 12.1 Å². The molecule has 0 heterocycles. The van der Waals surface area contributed by atoms with Crippen LogP contribution in [0, 0.1) is 0 Å². The zero-order chi connectivity index (χ0) is 18.2. The molecule has 0 unspecified atom stereocenters. The van der Waals surface area contributed by atoms with Crippen LogP contribution in [0.15, 0.2) is 24.3 Å². The number of nitrogens with one attached hydrogen (secondary N) is 2. The van der Waals surface area contributed by atoms with Crippen molar-refractivity contribution in [3.8, 4) is 0 Å². The Labute approximate surface area is 151 Å². The van der Waals surface area contributed by atoms with E-state index in [-0.39, 0.29) is 11.9 Å². The Hall–Kier alpha value is -2.04. The molecule has 25 heavy (non-hydrogen) atoms. The van der Waals surface area contributed by atoms with Crippen LogP contribution in [-0.2, 0) is 4.79 Å². The second-order valence-corrected chi connectivity index (χ2v) is 7.15. The predicted octanol–water partition coefficient (Wildman–Crippen LogP) is 3.79. The number of carbonyl (C=O) groups is 2. The van der Waals surface area contributed by atoms with Crippen molar-refractivity contribution in [2.75, 3.05) is 18.0 Å². The summed E-state index contributed by atoms with van der Waals surface area (Å²) in [5.41, 5.74) is 2.11. The van der Waals surface area contributed by atoms with Gasteiger partial charge in [0, 0.05) is 31.7 Å². The van der Waals surface area contributed by atoms with Gasteiger partial charge in [0.05, 0.1) is 0 Å². The minimum atomic E-state index is -0.134. The smallest absolute Gasteiger partial charge is 0.315 e. The fourth-order valence-corrected chi connectivity index (χ4v) is 3.27. The maximum Gasteiger partial charge on any atom is 0.315 e. The number of hydrogen-bond acceptors (Lipinski definition) is 2. The molecule has 1 aliphatic rings. The van der Waals surface area contributed by atoms with Gasteiger partial charge < -0.3 is 15.5 Å². The number of benzene rings is 1. The summed E-state index contributed by atoms with van der Waals surface area (Å²) < 4.78 is 0. The second kappa shape index (κ2) is 9.44. The van der Waals surface area contributed by atoms with Gasteiger partial charge >= 0.3 is 6.03 Å². The first-order valence-electron chi connectivity index (χ1n) is 9.40. The predicted molar refractivity (Wildman–Crippen MR) is 102 cm³/mol. The Balaban J connectivity index is 1.82. The zero-order valence-electron chi connectivity index (χ0n) is 15.7. The third kappa shape index (κ3) is 6.07. The first-order valence-corrected chi connectivity index (χ1v) is 9.40. The number of amides is 3. The molecule has 0 atom stereocenters. The summed E-state index contributed by atoms with van der Waals surface area (Å²) in [5.74, 6) is 0.441. The van der Waals surface area contributed by atoms with E-state index in [9.17, 15) is 9.59 Å². The molecule has 1 aromatic rings. The van der Waals surface area contributed by atoms with E-state index in [2.05, 4.69) is 36.6 Å². The van der Waals surface area contributed by atoms with Gasteiger partial charge in [-0.05, 0) is 36.5 Å². The number of hydrogen-bond donors (Lipinski definition) is 2. The Kier molecular flexibility index (Phi) is 7.29. The monoisotopic (exact) mass is 345 g/mol. The average Bonchev–Trinajstić information content (AvgIpc) is 2.59. The molecule has 2 rings (SSSR count). The average molecular weight is 345 g/mol. The Bertz CT molecular complexity index is 563. The van der Waals surface area contributed by atoms with Crippen LogP contribution in [0.3, 0.4) is 0 Å². The van der Waals surface area contributed by atoms with Crippen LogP contribution in [0.2, 0.25) is 0 Å². The molecule has 5 nitrogen and oxygen atoms in total. The topological polar surface area (TPSA) is 61.4 Å². The first-order chi connectivity index (χ1) is 12.0. The molecule has 2 N–H and O–H groups in total. The summed E-state index contributed by atoms with van der Waals surface area (Å²) in [6.45, 7) is 6.75. The molecule has 1 fully saturated rings. The van der Waals surface area contributed by atoms with Gasteiger partial charge in [-0.15, -0.1) is 0 Å². The van der Waals surface area contributed by atoms with Gasteiger partial charge in [-0.3, -0.25) is 4.79 Å². The molecule has 5 heteroatoms. The third-order valence-electron chi connectivity index (χ3n) is 4.81. The highest BCUT2D eigenvalue weighted by Gasteiger charge is 2.16. The molecule has 1 saturated carbocycles. The molecule has 0 radical (unpaired) electrons. The van der Waals surface area contributed by atoms with Crippen molar-refractivity contribution in [3.05, 3.63) is 29.8 Å². The van der Waals surface area contributed by atoms with Crippen LogP contribution in [0.4, 0.5) is 10.5 Å². The molecule has 0 aromatic heterocycles. The molecule has 0 bridgehead atoms. The largest absolute Gasteiger partial charge is 0.336 e. The van der Waals surface area contributed by atoms with Crippen molar-refractivity contribution in [2.45, 2.75) is 64.8 Å². The van der Waals surface area contributed by atoms with Gasteiger partial charge in [0.1, 0.15) is 0 Å². The van der Waals surface area contributed by atoms with Crippen molar-refractivity contribution in [1.29, 1.82) is 0 Å². The van der Waals surface area contributed by atoms with E-state index < -0.39 is 0 Å². The summed E-state index contributed by atoms with van der Waals surface area (Å²) in [6.07, 6.45) is 5.78. The molecule has 3 amide bonds. The van der Waals surface area contributed by atoms with Gasteiger partial charge in [-0.25, -0.2) is 4.79 Å². The number of nitrogens with zero attached hydrogens (tertiary/aromatic N) is 1. The van der Waals surface area contributed by atoms with E-state index in [1.54, 1.807) is 11.8 Å². The number of rotatable bonds is 6. The summed E-state index contributed by atoms with van der Waals surface area (Å²) >= 11 is 0. The fourth-order valence-electron chi connectivity index (χ4n) is 3.27. The molecule has 0 saturated heterocycles. The second-order valence-electron chi connectivity index (χ2n) is 7.15. The molecular formula is C20H31N3O2. The van der Waals surface area contributed by atoms with E-state index in [0.717, 1.165) is 18.5 Å². The summed E-state index contributed by atoms with van der Waals surface area (Å²) in [5, 5.41) is 5.90. The van der Waals surface area contributed by atoms with Gasteiger partial charge in [-0.2, -0.15) is 0 Å². The van der Waals surface area contributed by atoms with Gasteiger partial charge in [0.15, 0.2) is 0 Å². The standard InChI is InChI=1S/C20H31N3O2/c1-15(2)17-9-11-19(12-10-17)23(16(3)24)14-13-21-20(25)22-18-7-5-4-6-8-18/h9-12,15,18H,4-8,13-14H2,1-3H3,(H2,21,22,25). The molecular weight excluding hydrogens is 314 g/mol. The zero-order valence-corrected chi connectivity index (χ0v) is 15.7. The van der Waals surface area contributed by atoms with Crippen molar-refractivity contribution in [3.63, 3.8) is 0 Å². The molecule has 0 aliphatic heterocycles. The summed E-state index contributed by atoms with van der Waals surface area (Å²) in [4.78, 5) is 25.6. The van der Waals surface area contributed by atoms with Crippen LogP contribution in [0.25, 0.3) is 0 Å². The molecule has 138 valence electrons. The molecule has 1 aromatic carbocycles. The van der Waals surface area contributed by atoms with Crippen molar-refractivity contribution in [2.24, 2.45) is 0 Å². The normalized spacial score (nSPS) is 15.0. The summed E-state index contributed by atoms with van der Waals surface area (Å²) in [7, 11) is 0. The van der Waals surface area contributed by atoms with Crippen LogP contribution in [-0.4, -0.2) is 31.1 Å².